The molecule has 1 aliphatic heterocycles. The van der Waals surface area contributed by atoms with E-state index in [0.29, 0.717) is 12.1 Å². The van der Waals surface area contributed by atoms with Crippen molar-refractivity contribution in [2.24, 2.45) is 5.73 Å². The van der Waals surface area contributed by atoms with Crippen LogP contribution in [-0.2, 0) is 0 Å². The number of rotatable bonds is 4. The van der Waals surface area contributed by atoms with E-state index in [1.54, 1.807) is 11.3 Å². The first-order valence-electron chi connectivity index (χ1n) is 6.90. The highest BCUT2D eigenvalue weighted by atomic mass is 35.5. The van der Waals surface area contributed by atoms with Crippen LogP contribution in [0.15, 0.2) is 12.1 Å². The van der Waals surface area contributed by atoms with Gasteiger partial charge in [-0.25, -0.2) is 0 Å². The Hall–Kier alpha value is -0.0900. The predicted octanol–water partition coefficient (Wildman–Crippen LogP) is 4.05. The molecule has 2 rings (SSSR count). The highest BCUT2D eigenvalue weighted by Crippen LogP contribution is 2.36. The molecule has 2 nitrogen and oxygen atoms in total. The maximum Gasteiger partial charge on any atom is 0.0931 e. The standard InChI is InChI=1S/C14H23ClN2S/c1-3-11-6-4-5-9-17(11)14(10(2)16)12-7-8-13(15)18-12/h7-8,10-11,14H,3-6,9,16H2,1-2H3. The largest absolute Gasteiger partial charge is 0.326 e. The number of halogens is 1. The van der Waals surface area contributed by atoms with E-state index in [9.17, 15) is 0 Å². The van der Waals surface area contributed by atoms with Gasteiger partial charge in [-0.15, -0.1) is 11.3 Å². The minimum Gasteiger partial charge on any atom is -0.326 e. The maximum atomic E-state index is 6.25. The molecular weight excluding hydrogens is 264 g/mol. The van der Waals surface area contributed by atoms with Crippen molar-refractivity contribution in [2.45, 2.75) is 57.7 Å². The number of hydrogen-bond donors (Lipinski definition) is 1. The average molecular weight is 287 g/mol. The molecule has 3 unspecified atom stereocenters. The van der Waals surface area contributed by atoms with Crippen molar-refractivity contribution >= 4 is 22.9 Å². The number of piperidine rings is 1. The third-order valence-electron chi connectivity index (χ3n) is 3.88. The molecule has 1 saturated heterocycles. The molecule has 1 aromatic rings. The first-order valence-corrected chi connectivity index (χ1v) is 8.09. The normalized spacial score (nSPS) is 25.0. The van der Waals surface area contributed by atoms with E-state index in [4.69, 9.17) is 17.3 Å². The zero-order chi connectivity index (χ0) is 13.1. The van der Waals surface area contributed by atoms with Crippen LogP contribution in [0.3, 0.4) is 0 Å². The summed E-state index contributed by atoms with van der Waals surface area (Å²) in [5.74, 6) is 0. The molecular formula is C14H23ClN2S. The molecule has 0 aromatic carbocycles. The quantitative estimate of drug-likeness (QED) is 0.905. The zero-order valence-corrected chi connectivity index (χ0v) is 12.8. The number of thiophene rings is 1. The van der Waals surface area contributed by atoms with Crippen LogP contribution in [0.5, 0.6) is 0 Å². The van der Waals surface area contributed by atoms with E-state index >= 15 is 0 Å². The van der Waals surface area contributed by atoms with Crippen molar-refractivity contribution in [1.82, 2.24) is 4.90 Å². The van der Waals surface area contributed by atoms with Crippen LogP contribution in [0.4, 0.5) is 0 Å². The van der Waals surface area contributed by atoms with E-state index < -0.39 is 0 Å². The van der Waals surface area contributed by atoms with Gasteiger partial charge in [-0.1, -0.05) is 24.9 Å². The highest BCUT2D eigenvalue weighted by molar-refractivity contribution is 7.16. The summed E-state index contributed by atoms with van der Waals surface area (Å²) >= 11 is 7.75. The van der Waals surface area contributed by atoms with Gasteiger partial charge in [-0.05, 0) is 44.9 Å². The predicted molar refractivity (Wildman–Crippen MR) is 80.4 cm³/mol. The maximum absolute atomic E-state index is 6.25. The van der Waals surface area contributed by atoms with Gasteiger partial charge in [0.05, 0.1) is 10.4 Å². The lowest BCUT2D eigenvalue weighted by Gasteiger charge is -2.42. The van der Waals surface area contributed by atoms with Gasteiger partial charge in [-0.2, -0.15) is 0 Å². The van der Waals surface area contributed by atoms with Gasteiger partial charge in [0, 0.05) is 17.0 Å². The van der Waals surface area contributed by atoms with Crippen LogP contribution >= 0.6 is 22.9 Å². The van der Waals surface area contributed by atoms with Gasteiger partial charge in [0.25, 0.3) is 0 Å². The Labute approximate surface area is 119 Å². The summed E-state index contributed by atoms with van der Waals surface area (Å²) in [4.78, 5) is 3.92. The Kier molecular flexibility index (Phi) is 5.07. The SMILES string of the molecule is CCC1CCCCN1C(c1ccc(Cl)s1)C(C)N. The van der Waals surface area contributed by atoms with Gasteiger partial charge >= 0.3 is 0 Å². The molecule has 0 amide bonds. The Balaban J connectivity index is 2.23. The zero-order valence-electron chi connectivity index (χ0n) is 11.2. The van der Waals surface area contributed by atoms with Crippen molar-refractivity contribution in [3.63, 3.8) is 0 Å². The van der Waals surface area contributed by atoms with Crippen LogP contribution < -0.4 is 5.73 Å². The molecule has 2 heterocycles. The van der Waals surface area contributed by atoms with E-state index in [0.717, 1.165) is 4.34 Å². The third kappa shape index (κ3) is 3.08. The van der Waals surface area contributed by atoms with Gasteiger partial charge in [0.15, 0.2) is 0 Å². The monoisotopic (exact) mass is 286 g/mol. The molecule has 102 valence electrons. The van der Waals surface area contributed by atoms with Crippen molar-refractivity contribution in [2.75, 3.05) is 6.54 Å². The van der Waals surface area contributed by atoms with Gasteiger partial charge < -0.3 is 5.73 Å². The van der Waals surface area contributed by atoms with Crippen molar-refractivity contribution in [1.29, 1.82) is 0 Å². The summed E-state index contributed by atoms with van der Waals surface area (Å²) in [6.07, 6.45) is 5.16. The van der Waals surface area contributed by atoms with Gasteiger partial charge in [0.1, 0.15) is 0 Å². The molecule has 18 heavy (non-hydrogen) atoms. The Morgan fingerprint density at radius 1 is 1.50 bits per heavy atom. The molecule has 0 radical (unpaired) electrons. The van der Waals surface area contributed by atoms with E-state index in [-0.39, 0.29) is 6.04 Å². The molecule has 0 saturated carbocycles. The smallest absolute Gasteiger partial charge is 0.0931 e. The molecule has 4 heteroatoms. The second kappa shape index (κ2) is 6.38. The second-order valence-electron chi connectivity index (χ2n) is 5.24. The molecule has 2 N–H and O–H groups in total. The fraction of sp³-hybridized carbons (Fsp3) is 0.714. The molecule has 0 spiro atoms. The molecule has 1 aromatic heterocycles. The van der Waals surface area contributed by atoms with Crippen LogP contribution in [0.2, 0.25) is 4.34 Å². The summed E-state index contributed by atoms with van der Waals surface area (Å²) in [7, 11) is 0. The Morgan fingerprint density at radius 2 is 2.28 bits per heavy atom. The van der Waals surface area contributed by atoms with E-state index in [2.05, 4.69) is 24.8 Å². The third-order valence-corrected chi connectivity index (χ3v) is 5.19. The summed E-state index contributed by atoms with van der Waals surface area (Å²) in [5.41, 5.74) is 6.25. The number of likely N-dealkylation sites (tertiary alicyclic amines) is 1. The van der Waals surface area contributed by atoms with E-state index in [1.165, 1.54) is 37.1 Å². The lowest BCUT2D eigenvalue weighted by atomic mass is 9.95. The van der Waals surface area contributed by atoms with Crippen molar-refractivity contribution in [3.8, 4) is 0 Å². The Morgan fingerprint density at radius 3 is 2.83 bits per heavy atom. The van der Waals surface area contributed by atoms with E-state index in [1.807, 2.05) is 6.07 Å². The molecule has 0 aliphatic carbocycles. The van der Waals surface area contributed by atoms with Gasteiger partial charge in [-0.3, -0.25) is 4.90 Å². The van der Waals surface area contributed by atoms with Crippen LogP contribution in [0.1, 0.15) is 50.4 Å². The first kappa shape index (κ1) is 14.3. The fourth-order valence-corrected chi connectivity index (χ4v) is 4.34. The average Bonchev–Trinajstić information content (AvgIpc) is 2.76. The van der Waals surface area contributed by atoms with Crippen LogP contribution in [-0.4, -0.2) is 23.5 Å². The minimum atomic E-state index is 0.145. The second-order valence-corrected chi connectivity index (χ2v) is 6.99. The first-order chi connectivity index (χ1) is 8.63. The lowest BCUT2D eigenvalue weighted by molar-refractivity contribution is 0.0815. The number of hydrogen-bond acceptors (Lipinski definition) is 3. The highest BCUT2D eigenvalue weighted by Gasteiger charge is 2.31. The Bertz CT molecular complexity index is 378. The van der Waals surface area contributed by atoms with Crippen molar-refractivity contribution < 1.29 is 0 Å². The summed E-state index contributed by atoms with van der Waals surface area (Å²) < 4.78 is 0.862. The fourth-order valence-electron chi connectivity index (χ4n) is 3.04. The molecule has 0 bridgehead atoms. The lowest BCUT2D eigenvalue weighted by Crippen LogP contribution is -2.47. The van der Waals surface area contributed by atoms with Crippen LogP contribution in [0, 0.1) is 0 Å². The summed E-state index contributed by atoms with van der Waals surface area (Å²) in [6.45, 7) is 5.56. The minimum absolute atomic E-state index is 0.145. The summed E-state index contributed by atoms with van der Waals surface area (Å²) in [6, 6.07) is 5.28. The van der Waals surface area contributed by atoms with Crippen molar-refractivity contribution in [3.05, 3.63) is 21.3 Å². The van der Waals surface area contributed by atoms with Gasteiger partial charge in [0.2, 0.25) is 0 Å². The van der Waals surface area contributed by atoms with Crippen LogP contribution in [0.25, 0.3) is 0 Å². The number of nitrogens with zero attached hydrogens (tertiary/aromatic N) is 1. The molecule has 1 fully saturated rings. The molecule has 1 aliphatic rings. The summed E-state index contributed by atoms with van der Waals surface area (Å²) in [5, 5.41) is 0. The molecule has 3 atom stereocenters. The topological polar surface area (TPSA) is 29.3 Å². The number of nitrogens with two attached hydrogens (primary N) is 1.